The first kappa shape index (κ1) is 64.7. The summed E-state index contributed by atoms with van der Waals surface area (Å²) >= 11 is 12.6. The lowest BCUT2D eigenvalue weighted by Gasteiger charge is -2.28. The van der Waals surface area contributed by atoms with Gasteiger partial charge in [-0.1, -0.05) is 17.7 Å². The molecule has 37 nitrogen and oxygen atoms in total. The van der Waals surface area contributed by atoms with Crippen LogP contribution in [0.5, 0.6) is 5.75 Å². The van der Waals surface area contributed by atoms with Crippen LogP contribution >= 0.6 is 23.2 Å². The zero-order valence-electron chi connectivity index (χ0n) is 42.2. The maximum atomic E-state index is 12.8. The van der Waals surface area contributed by atoms with Gasteiger partial charge in [-0.05, 0) is 102 Å². The lowest BCUT2D eigenvalue weighted by molar-refractivity contribution is 0.470. The van der Waals surface area contributed by atoms with Crippen molar-refractivity contribution in [3.05, 3.63) is 96.3 Å². The summed E-state index contributed by atoms with van der Waals surface area (Å²) < 4.78 is 242. The number of hydrogen-bond donors (Lipinski definition) is 13. The van der Waals surface area contributed by atoms with Gasteiger partial charge in [0.05, 0.1) is 26.6 Å². The molecule has 0 saturated carbocycles. The Bertz CT molecular complexity index is 5070. The van der Waals surface area contributed by atoms with E-state index in [9.17, 15) is 95.9 Å². The molecule has 1 aliphatic heterocycles. The Morgan fingerprint density at radius 2 is 1.00 bits per heavy atom. The number of aromatic nitrogens is 3. The number of nitrogen functional groups attached to an aromatic ring is 1. The number of guanidine groups is 2. The third-order valence-electron chi connectivity index (χ3n) is 11.2. The zero-order valence-corrected chi connectivity index (χ0v) is 49.4. The van der Waals surface area contributed by atoms with Gasteiger partial charge in [-0.3, -0.25) is 31.9 Å². The van der Waals surface area contributed by atoms with Gasteiger partial charge < -0.3 is 37.0 Å². The van der Waals surface area contributed by atoms with E-state index in [4.69, 9.17) is 28.9 Å². The van der Waals surface area contributed by atoms with E-state index in [1.165, 1.54) is 24.1 Å². The molecule has 0 spiro atoms. The van der Waals surface area contributed by atoms with Gasteiger partial charge in [0.15, 0.2) is 5.75 Å². The number of azo groups is 2. The molecule has 2 heterocycles. The number of alkyl halides is 1. The fourth-order valence-electron chi connectivity index (χ4n) is 7.46. The number of nitrogens with two attached hydrogens (primary N) is 1. The molecular weight excluding hydrogens is 1350 g/mol. The highest BCUT2D eigenvalue weighted by molar-refractivity contribution is 7.87. The molecule has 1 aliphatic rings. The van der Waals surface area contributed by atoms with Crippen LogP contribution in [0, 0.1) is 0 Å². The second kappa shape index (κ2) is 23.4. The smallest absolute Gasteiger partial charge is 0.296 e. The summed E-state index contributed by atoms with van der Waals surface area (Å²) in [5, 5.41) is 34.5. The Morgan fingerprint density at radius 3 is 1.56 bits per heavy atom. The highest BCUT2D eigenvalue weighted by atomic mass is 35.5. The lowest BCUT2D eigenvalue weighted by Crippen LogP contribution is -2.42. The van der Waals surface area contributed by atoms with Crippen LogP contribution in [0.15, 0.2) is 156 Å². The molecule has 0 fully saturated rings. The molecule has 0 aliphatic carbocycles. The number of phenols is 1. The minimum absolute atomic E-state index is 0.00196. The molecular formula is C41H33Cl2N15O22S7. The van der Waals surface area contributed by atoms with Crippen LogP contribution in [0.25, 0.3) is 10.8 Å². The number of aromatic hydroxyl groups is 1. The minimum Gasteiger partial charge on any atom is -0.505 e. The van der Waals surface area contributed by atoms with Crippen LogP contribution in [0.4, 0.5) is 63.1 Å². The van der Waals surface area contributed by atoms with Crippen molar-refractivity contribution >= 4 is 180 Å². The van der Waals surface area contributed by atoms with E-state index in [-0.39, 0.29) is 34.9 Å². The first-order chi connectivity index (χ1) is 40.1. The van der Waals surface area contributed by atoms with Gasteiger partial charge in [-0.25, -0.2) is 4.99 Å². The number of fused-ring (bicyclic) bond motifs is 1. The number of benzene rings is 6. The second-order valence-corrected chi connectivity index (χ2v) is 27.7. The summed E-state index contributed by atoms with van der Waals surface area (Å²) in [6, 6.07) is 12.7. The van der Waals surface area contributed by atoms with Crippen LogP contribution in [0.2, 0.25) is 5.28 Å². The normalized spacial score (nSPS) is 14.7. The average Bonchev–Trinajstić information content (AvgIpc) is 0.878. The van der Waals surface area contributed by atoms with E-state index in [0.717, 1.165) is 48.5 Å². The molecule has 7 aromatic rings. The number of anilines is 7. The van der Waals surface area contributed by atoms with Crippen molar-refractivity contribution in [3.63, 3.8) is 0 Å². The van der Waals surface area contributed by atoms with Crippen LogP contribution in [-0.4, -0.2) is 140 Å². The van der Waals surface area contributed by atoms with Crippen molar-refractivity contribution < 1.29 is 95.9 Å². The number of phenolic OH excluding ortho intramolecular Hbond substituents is 1. The van der Waals surface area contributed by atoms with E-state index in [1.54, 1.807) is 0 Å². The van der Waals surface area contributed by atoms with Gasteiger partial charge in [-0.15, -0.1) is 20.5 Å². The van der Waals surface area contributed by atoms with Crippen LogP contribution in [-0.2, 0) is 70.8 Å². The largest absolute Gasteiger partial charge is 0.505 e. The fourth-order valence-corrected chi connectivity index (χ4v) is 12.0. The number of rotatable bonds is 17. The van der Waals surface area contributed by atoms with Gasteiger partial charge in [0.1, 0.15) is 47.2 Å². The SMILES string of the molecule is CN1C(Nc2ccc(S(=O)(=O)O)c(Nc3nc(Cl)nc(Nc4cccc(S(=O)(=O)O)c4)n3)c2)=NC(Nc2ccc(S(=O)(=O)O)c(N=Nc3c(S(=O)(=O)O)cc4cc(S(=O)(=O)O)c(N=Nc5cc(S(=O)(=O)O)ccc5S(=O)(=O)O)c(N)c4c3O)c2)=NC1Cl. The van der Waals surface area contributed by atoms with E-state index in [0.29, 0.717) is 30.3 Å². The Hall–Kier alpha value is -8.32. The quantitative estimate of drug-likeness (QED) is 0.0170. The van der Waals surface area contributed by atoms with Gasteiger partial charge >= 0.3 is 0 Å². The second-order valence-electron chi connectivity index (χ2n) is 17.1. The number of nitrogens with one attached hydrogen (secondary N) is 4. The number of nitrogens with zero attached hydrogens (tertiary/aromatic N) is 10. The molecule has 6 aromatic carbocycles. The predicted octanol–water partition coefficient (Wildman–Crippen LogP) is 5.71. The summed E-state index contributed by atoms with van der Waals surface area (Å²) in [6.07, 6.45) is 0. The number of hydrogen-bond acceptors (Lipinski definition) is 30. The van der Waals surface area contributed by atoms with E-state index >= 15 is 0 Å². The molecule has 0 amide bonds. The van der Waals surface area contributed by atoms with Gasteiger partial charge in [-0.2, -0.15) is 78.9 Å². The van der Waals surface area contributed by atoms with Crippen LogP contribution in [0.3, 0.4) is 0 Å². The first-order valence-electron chi connectivity index (χ1n) is 22.4. The molecule has 0 bridgehead atoms. The highest BCUT2D eigenvalue weighted by Gasteiger charge is 2.30. The van der Waals surface area contributed by atoms with Crippen molar-refractivity contribution in [1.82, 2.24) is 19.9 Å². The Kier molecular flexibility index (Phi) is 17.4. The minimum atomic E-state index is -5.62. The molecule has 0 saturated heterocycles. The standard InChI is InChI=1S/C41H33Cl2N15O22S7/c1-58-37(43)51-39(53-41(58)47-20-6-8-26(83(66,67)68)23(14-20)48-40-50-36(42)49-38(52-40)45-18-3-2-4-21(13-18)81(60,61)62)46-19-5-9-27(84(69,70)71)24(15-19)54-57-34-30(87(78,79)80)12-17-11-29(86(75,76)77)33(32(44)31(17)35(34)59)56-55-25-16-22(82(63,64)65)7-10-28(25)85(72,73)74/h2-16,37,59H,44H2,1H3,(H,60,61,62)(H,63,64,65)(H,66,67,68)(H,69,70,71)(H,72,73,74)(H,75,76,77)(H,78,79,80)(H2,46,47,51,53)(H2,45,48,49,50,52). The monoisotopic (exact) mass is 1380 g/mol. The van der Waals surface area contributed by atoms with E-state index in [1.807, 2.05) is 0 Å². The lowest BCUT2D eigenvalue weighted by atomic mass is 10.1. The van der Waals surface area contributed by atoms with Gasteiger partial charge in [0, 0.05) is 24.1 Å². The van der Waals surface area contributed by atoms with Crippen LogP contribution < -0.4 is 27.0 Å². The summed E-state index contributed by atoms with van der Waals surface area (Å²) in [5.41, 5.74) is -1.29. The molecule has 460 valence electrons. The summed E-state index contributed by atoms with van der Waals surface area (Å²) in [4.78, 5) is 14.3. The Balaban J connectivity index is 1.15. The highest BCUT2D eigenvalue weighted by Crippen LogP contribution is 2.49. The summed E-state index contributed by atoms with van der Waals surface area (Å²) in [7, 11) is -35.2. The zero-order chi connectivity index (χ0) is 64.3. The third-order valence-corrected chi connectivity index (χ3v) is 17.9. The number of aliphatic imine (C=N–C) groups is 2. The molecule has 8 rings (SSSR count). The average molecular weight is 1380 g/mol. The molecule has 1 atom stereocenters. The molecule has 46 heteroatoms. The topological polar surface area (TPSA) is 591 Å². The van der Waals surface area contributed by atoms with Crippen molar-refractivity contribution in [3.8, 4) is 5.75 Å². The van der Waals surface area contributed by atoms with Gasteiger partial charge in [0.25, 0.3) is 70.8 Å². The van der Waals surface area contributed by atoms with E-state index < -0.39 is 173 Å². The Morgan fingerprint density at radius 1 is 0.517 bits per heavy atom. The van der Waals surface area contributed by atoms with Crippen molar-refractivity contribution in [2.24, 2.45) is 30.4 Å². The van der Waals surface area contributed by atoms with Crippen molar-refractivity contribution in [1.29, 1.82) is 0 Å². The van der Waals surface area contributed by atoms with E-state index in [2.05, 4.69) is 66.7 Å². The summed E-state index contributed by atoms with van der Waals surface area (Å²) in [6.45, 7) is 0. The van der Waals surface area contributed by atoms with Crippen molar-refractivity contribution in [2.45, 2.75) is 39.9 Å². The molecule has 1 aromatic heterocycles. The predicted molar refractivity (Wildman–Crippen MR) is 304 cm³/mol. The first-order valence-corrected chi connectivity index (χ1v) is 33.3. The fraction of sp³-hybridized carbons (Fsp3) is 0.0488. The van der Waals surface area contributed by atoms with Gasteiger partial charge in [0.2, 0.25) is 34.7 Å². The van der Waals surface area contributed by atoms with Crippen LogP contribution in [0.1, 0.15) is 0 Å². The molecule has 14 N–H and O–H groups in total. The maximum absolute atomic E-state index is 12.8. The molecule has 0 radical (unpaired) electrons. The summed E-state index contributed by atoms with van der Waals surface area (Å²) in [5.74, 6) is -2.74. The van der Waals surface area contributed by atoms with Crippen molar-refractivity contribution in [2.75, 3.05) is 34.0 Å². The Labute approximate surface area is 498 Å². The molecule has 87 heavy (non-hydrogen) atoms. The number of halogens is 2. The maximum Gasteiger partial charge on any atom is 0.296 e. The third kappa shape index (κ3) is 14.9. The molecule has 1 unspecified atom stereocenters.